The number of nitrogens with two attached hydrogens (primary N) is 1. The van der Waals surface area contributed by atoms with Crippen molar-refractivity contribution in [2.75, 3.05) is 20.6 Å². The summed E-state index contributed by atoms with van der Waals surface area (Å²) in [6, 6.07) is 6.32. The Kier molecular flexibility index (Phi) is 7.75. The van der Waals surface area contributed by atoms with E-state index >= 15 is 0 Å². The molecule has 6 atom stereocenters. The fraction of sp³-hybridized carbons (Fsp3) is 0.500. The summed E-state index contributed by atoms with van der Waals surface area (Å²) in [5.41, 5.74) is 4.97. The zero-order valence-electron chi connectivity index (χ0n) is 25.1. The molecule has 7 N–H and O–H groups in total. The van der Waals surface area contributed by atoms with Gasteiger partial charge in [-0.05, 0) is 62.0 Å². The maximum Gasteiger partial charge on any atom is 0.230 e. The van der Waals surface area contributed by atoms with Gasteiger partial charge in [-0.15, -0.1) is 0 Å². The molecule has 3 aliphatic carbocycles. The van der Waals surface area contributed by atoms with E-state index in [1.54, 1.807) is 31.3 Å². The van der Waals surface area contributed by atoms with Crippen LogP contribution in [0.25, 0.3) is 17.0 Å². The van der Waals surface area contributed by atoms with E-state index in [1.165, 1.54) is 0 Å². The number of aromatic nitrogens is 1. The first kappa shape index (κ1) is 30.8. The smallest absolute Gasteiger partial charge is 0.230 e. The zero-order chi connectivity index (χ0) is 31.6. The number of pyridine rings is 1. The fourth-order valence-corrected chi connectivity index (χ4v) is 7.19. The van der Waals surface area contributed by atoms with Crippen LogP contribution in [0.15, 0.2) is 36.0 Å². The third-order valence-electron chi connectivity index (χ3n) is 9.08. The number of carbonyl (C=O) groups excluding carboxylic acids is 3. The molecule has 11 nitrogen and oxygen atoms in total. The molecule has 1 amide bonds. The molecule has 0 radical (unpaired) electrons. The molecule has 0 aliphatic heterocycles. The Balaban J connectivity index is 1.69. The molecule has 1 heterocycles. The standard InChI is InChI=1S/C32H40N4O7/c1-31(2,3)14-34-13-16-11-17(20-8-6-7-9-35-20)18-10-15-12-19-24(36(4)5)27(39)23(30(33)42)29(41)32(19,43)28(40)21(15)26(38)22(18)25(16)37/h6-9,11,15,19,23-24,27,34,37-39,43H,10,12-14H2,1-5H3,(H2,33,42)/t15-,19-,23?,24-,27?,32-/m0/s1. The molecular weight excluding hydrogens is 552 g/mol. The molecule has 1 aromatic heterocycles. The van der Waals surface area contributed by atoms with Gasteiger partial charge in [0.2, 0.25) is 11.7 Å². The van der Waals surface area contributed by atoms with Gasteiger partial charge in [0, 0.05) is 47.9 Å². The number of phenolic OH excluding ortho intramolecular Hbond substituents is 1. The zero-order valence-corrected chi connectivity index (χ0v) is 25.1. The molecule has 3 aliphatic rings. The highest BCUT2D eigenvalue weighted by molar-refractivity contribution is 6.25. The molecule has 2 saturated carbocycles. The van der Waals surface area contributed by atoms with Crippen molar-refractivity contribution in [2.24, 2.45) is 28.9 Å². The number of primary amides is 1. The molecule has 2 unspecified atom stereocenters. The molecule has 230 valence electrons. The SMILES string of the molecule is CN(C)[C@@H]1C(O)C(C(N)=O)C(=O)[C@@]2(O)C(=O)C3=C(O)c4c(O)c(CNCC(C)(C)C)cc(-c5ccccn5)c4C[C@H]3C[C@@H]12. The van der Waals surface area contributed by atoms with Gasteiger partial charge in [0.05, 0.1) is 17.4 Å². The lowest BCUT2D eigenvalue weighted by molar-refractivity contribution is -0.184. The molecule has 1 aromatic carbocycles. The van der Waals surface area contributed by atoms with Gasteiger partial charge in [0.1, 0.15) is 17.4 Å². The van der Waals surface area contributed by atoms with Crippen molar-refractivity contribution >= 4 is 23.2 Å². The Morgan fingerprint density at radius 1 is 1.21 bits per heavy atom. The molecule has 0 bridgehead atoms. The van der Waals surface area contributed by atoms with Gasteiger partial charge in [-0.3, -0.25) is 19.4 Å². The highest BCUT2D eigenvalue weighted by atomic mass is 16.3. The number of likely N-dealkylation sites (N-methyl/N-ethyl adjacent to an activating group) is 1. The fourth-order valence-electron chi connectivity index (χ4n) is 7.19. The third-order valence-corrected chi connectivity index (χ3v) is 9.08. The quantitative estimate of drug-likeness (QED) is 0.267. The van der Waals surface area contributed by atoms with E-state index in [2.05, 4.69) is 31.1 Å². The van der Waals surface area contributed by atoms with Gasteiger partial charge in [0.15, 0.2) is 11.4 Å². The minimum atomic E-state index is -2.70. The largest absolute Gasteiger partial charge is 0.507 e. The van der Waals surface area contributed by atoms with Crippen molar-refractivity contribution in [1.82, 2.24) is 15.2 Å². The van der Waals surface area contributed by atoms with Crippen molar-refractivity contribution in [3.8, 4) is 17.0 Å². The van der Waals surface area contributed by atoms with E-state index in [4.69, 9.17) is 5.73 Å². The number of hydrogen-bond donors (Lipinski definition) is 6. The van der Waals surface area contributed by atoms with Gasteiger partial charge in [0.25, 0.3) is 0 Å². The van der Waals surface area contributed by atoms with Crippen LogP contribution < -0.4 is 11.1 Å². The minimum absolute atomic E-state index is 0.0290. The maximum atomic E-state index is 14.2. The van der Waals surface area contributed by atoms with Crippen molar-refractivity contribution in [2.45, 2.75) is 57.9 Å². The second-order valence-electron chi connectivity index (χ2n) is 13.5. The van der Waals surface area contributed by atoms with Crippen LogP contribution >= 0.6 is 0 Å². The number of hydrogen-bond acceptors (Lipinski definition) is 10. The van der Waals surface area contributed by atoms with Gasteiger partial charge in [-0.1, -0.05) is 26.8 Å². The predicted octanol–water partition coefficient (Wildman–Crippen LogP) is 1.33. The monoisotopic (exact) mass is 592 g/mol. The van der Waals surface area contributed by atoms with Crippen LogP contribution in [0.1, 0.15) is 43.9 Å². The summed E-state index contributed by atoms with van der Waals surface area (Å²) in [6.45, 7) is 7.13. The summed E-state index contributed by atoms with van der Waals surface area (Å²) in [5, 5.41) is 49.5. The molecule has 43 heavy (non-hydrogen) atoms. The summed E-state index contributed by atoms with van der Waals surface area (Å²) in [5.74, 6) is -7.64. The Hall–Kier alpha value is -3.64. The Bertz CT molecular complexity index is 1510. The topological polar surface area (TPSA) is 186 Å². The van der Waals surface area contributed by atoms with Crippen molar-refractivity contribution in [3.63, 3.8) is 0 Å². The number of rotatable bonds is 6. The molecule has 5 rings (SSSR count). The number of aromatic hydroxyl groups is 1. The summed E-state index contributed by atoms with van der Waals surface area (Å²) in [6.07, 6.45) is 0.359. The van der Waals surface area contributed by atoms with Gasteiger partial charge in [-0.25, -0.2) is 0 Å². The lowest BCUT2D eigenvalue weighted by Gasteiger charge is -2.53. The Labute approximate surface area is 250 Å². The summed E-state index contributed by atoms with van der Waals surface area (Å²) in [7, 11) is 3.25. The number of Topliss-reactive ketones (excluding diaryl/α,β-unsaturated/α-hetero) is 2. The van der Waals surface area contributed by atoms with Crippen LogP contribution in [-0.4, -0.2) is 86.2 Å². The van der Waals surface area contributed by atoms with Crippen molar-refractivity contribution in [1.29, 1.82) is 0 Å². The number of carbonyl (C=O) groups is 3. The van der Waals surface area contributed by atoms with E-state index in [9.17, 15) is 34.8 Å². The van der Waals surface area contributed by atoms with Gasteiger partial charge >= 0.3 is 0 Å². The van der Waals surface area contributed by atoms with E-state index in [1.807, 2.05) is 18.2 Å². The van der Waals surface area contributed by atoms with E-state index in [0.29, 0.717) is 28.9 Å². The Morgan fingerprint density at radius 3 is 2.49 bits per heavy atom. The summed E-state index contributed by atoms with van der Waals surface area (Å²) >= 11 is 0. The number of nitrogens with zero attached hydrogens (tertiary/aromatic N) is 2. The number of benzene rings is 1. The predicted molar refractivity (Wildman–Crippen MR) is 158 cm³/mol. The number of amides is 1. The summed E-state index contributed by atoms with van der Waals surface area (Å²) in [4.78, 5) is 46.1. The van der Waals surface area contributed by atoms with E-state index in [0.717, 1.165) is 0 Å². The van der Waals surface area contributed by atoms with Gasteiger partial charge in [-0.2, -0.15) is 0 Å². The van der Waals surface area contributed by atoms with Crippen LogP contribution in [-0.2, 0) is 27.3 Å². The van der Waals surface area contributed by atoms with Crippen LogP contribution in [0.3, 0.4) is 0 Å². The lowest BCUT2D eigenvalue weighted by atomic mass is 9.54. The first-order valence-electron chi connectivity index (χ1n) is 14.5. The van der Waals surface area contributed by atoms with Crippen molar-refractivity contribution < 1.29 is 34.8 Å². The highest BCUT2D eigenvalue weighted by Gasteiger charge is 2.67. The maximum absolute atomic E-state index is 14.2. The van der Waals surface area contributed by atoms with Crippen LogP contribution in [0.2, 0.25) is 0 Å². The highest BCUT2D eigenvalue weighted by Crippen LogP contribution is 2.53. The molecule has 2 aromatic rings. The molecule has 2 fully saturated rings. The average Bonchev–Trinajstić information content (AvgIpc) is 2.91. The number of fused-ring (bicyclic) bond motifs is 3. The number of aliphatic hydroxyl groups excluding tert-OH is 2. The van der Waals surface area contributed by atoms with Crippen LogP contribution in [0.5, 0.6) is 5.75 Å². The number of ketones is 2. The lowest BCUT2D eigenvalue weighted by Crippen LogP contribution is -2.73. The third kappa shape index (κ3) is 4.94. The number of aliphatic hydroxyl groups is 3. The first-order chi connectivity index (χ1) is 20.1. The normalized spacial score (nSPS) is 28.9. The molecule has 0 spiro atoms. The summed E-state index contributed by atoms with van der Waals surface area (Å²) < 4.78 is 0. The second-order valence-corrected chi connectivity index (χ2v) is 13.5. The van der Waals surface area contributed by atoms with Crippen LogP contribution in [0.4, 0.5) is 0 Å². The average molecular weight is 593 g/mol. The number of nitrogens with one attached hydrogen (secondary N) is 1. The molecular formula is C32H40N4O7. The van der Waals surface area contributed by atoms with Crippen molar-refractivity contribution in [3.05, 3.63) is 52.7 Å². The van der Waals surface area contributed by atoms with E-state index in [-0.39, 0.29) is 41.7 Å². The molecule has 11 heteroatoms. The van der Waals surface area contributed by atoms with Crippen LogP contribution in [0, 0.1) is 23.2 Å². The Morgan fingerprint density at radius 2 is 1.91 bits per heavy atom. The first-order valence-corrected chi connectivity index (χ1v) is 14.5. The molecule has 0 saturated heterocycles. The number of phenols is 1. The van der Waals surface area contributed by atoms with E-state index < -0.39 is 58.7 Å². The van der Waals surface area contributed by atoms with Gasteiger partial charge < -0.3 is 36.4 Å². The minimum Gasteiger partial charge on any atom is -0.507 e. The second kappa shape index (κ2) is 10.8.